The van der Waals surface area contributed by atoms with Crippen molar-refractivity contribution in [2.75, 3.05) is 19.0 Å². The van der Waals surface area contributed by atoms with E-state index in [-0.39, 0.29) is 5.91 Å². The lowest BCUT2D eigenvalue weighted by molar-refractivity contribution is -0.115. The molecule has 1 aliphatic rings. The summed E-state index contributed by atoms with van der Waals surface area (Å²) in [5.74, 6) is -0.0437. The first-order valence-electron chi connectivity index (χ1n) is 7.72. The minimum absolute atomic E-state index is 0.0437. The van der Waals surface area contributed by atoms with Gasteiger partial charge in [0.1, 0.15) is 0 Å². The van der Waals surface area contributed by atoms with Gasteiger partial charge in [0.05, 0.1) is 5.52 Å². The molecule has 0 spiro atoms. The van der Waals surface area contributed by atoms with Gasteiger partial charge in [-0.3, -0.25) is 14.9 Å². The van der Waals surface area contributed by atoms with Gasteiger partial charge in [0.15, 0.2) is 0 Å². The number of aryl methyl sites for hydroxylation is 1. The SMILES string of the molecule is CC(=O)Nn1cc(CC[C@H]2CCCN2C)c2ccccc21. The zero-order chi connectivity index (χ0) is 14.8. The molecule has 21 heavy (non-hydrogen) atoms. The van der Waals surface area contributed by atoms with Gasteiger partial charge in [-0.2, -0.15) is 0 Å². The van der Waals surface area contributed by atoms with E-state index in [4.69, 9.17) is 0 Å². The van der Waals surface area contributed by atoms with Crippen LogP contribution in [0.4, 0.5) is 0 Å². The third kappa shape index (κ3) is 2.95. The maximum Gasteiger partial charge on any atom is 0.235 e. The number of rotatable bonds is 4. The monoisotopic (exact) mass is 285 g/mol. The molecule has 0 saturated carbocycles. The smallest absolute Gasteiger partial charge is 0.235 e. The molecule has 1 amide bonds. The first kappa shape index (κ1) is 14.1. The minimum atomic E-state index is -0.0437. The predicted molar refractivity (Wildman–Crippen MR) is 86.0 cm³/mol. The molecule has 0 unspecified atom stereocenters. The molecule has 0 bridgehead atoms. The topological polar surface area (TPSA) is 37.3 Å². The lowest BCUT2D eigenvalue weighted by atomic mass is 10.0. The van der Waals surface area contributed by atoms with E-state index in [2.05, 4.69) is 41.8 Å². The molecule has 1 aromatic heterocycles. The molecule has 1 atom stereocenters. The van der Waals surface area contributed by atoms with Crippen LogP contribution in [0, 0.1) is 0 Å². The van der Waals surface area contributed by atoms with E-state index >= 15 is 0 Å². The van der Waals surface area contributed by atoms with Crippen molar-refractivity contribution >= 4 is 16.8 Å². The fourth-order valence-corrected chi connectivity index (χ4v) is 3.38. The Balaban J connectivity index is 1.82. The summed E-state index contributed by atoms with van der Waals surface area (Å²) in [7, 11) is 2.22. The summed E-state index contributed by atoms with van der Waals surface area (Å²) in [4.78, 5) is 13.8. The Morgan fingerprint density at radius 1 is 1.38 bits per heavy atom. The molecular weight excluding hydrogens is 262 g/mol. The second-order valence-electron chi connectivity index (χ2n) is 6.02. The van der Waals surface area contributed by atoms with Crippen LogP contribution >= 0.6 is 0 Å². The minimum Gasteiger partial charge on any atom is -0.303 e. The summed E-state index contributed by atoms with van der Waals surface area (Å²) in [6, 6.07) is 8.96. The lowest BCUT2D eigenvalue weighted by Crippen LogP contribution is -2.25. The number of nitrogens with zero attached hydrogens (tertiary/aromatic N) is 2. The van der Waals surface area contributed by atoms with Crippen molar-refractivity contribution in [2.24, 2.45) is 0 Å². The van der Waals surface area contributed by atoms with Gasteiger partial charge in [0.25, 0.3) is 0 Å². The highest BCUT2D eigenvalue weighted by Gasteiger charge is 2.21. The summed E-state index contributed by atoms with van der Waals surface area (Å²) in [6.07, 6.45) is 6.93. The zero-order valence-electron chi connectivity index (χ0n) is 12.8. The van der Waals surface area contributed by atoms with Crippen molar-refractivity contribution in [1.82, 2.24) is 9.58 Å². The maximum absolute atomic E-state index is 11.3. The lowest BCUT2D eigenvalue weighted by Gasteiger charge is -2.18. The fourth-order valence-electron chi connectivity index (χ4n) is 3.38. The first-order chi connectivity index (χ1) is 10.1. The first-order valence-corrected chi connectivity index (χ1v) is 7.72. The van der Waals surface area contributed by atoms with E-state index < -0.39 is 0 Å². The van der Waals surface area contributed by atoms with Crippen LogP contribution in [-0.2, 0) is 11.2 Å². The largest absolute Gasteiger partial charge is 0.303 e. The number of hydrogen-bond donors (Lipinski definition) is 1. The van der Waals surface area contributed by atoms with Crippen LogP contribution in [0.3, 0.4) is 0 Å². The van der Waals surface area contributed by atoms with Crippen molar-refractivity contribution in [3.8, 4) is 0 Å². The number of nitrogens with one attached hydrogen (secondary N) is 1. The molecule has 1 aliphatic heterocycles. The Hall–Kier alpha value is -1.81. The molecule has 0 aliphatic carbocycles. The van der Waals surface area contributed by atoms with Crippen molar-refractivity contribution in [3.05, 3.63) is 36.0 Å². The quantitative estimate of drug-likeness (QED) is 0.938. The number of carbonyl (C=O) groups is 1. The number of para-hydroxylation sites is 1. The Kier molecular flexibility index (Phi) is 3.97. The normalized spacial score (nSPS) is 19.2. The Labute approximate surface area is 125 Å². The molecular formula is C17H23N3O. The summed E-state index contributed by atoms with van der Waals surface area (Å²) in [5, 5.41) is 1.24. The summed E-state index contributed by atoms with van der Waals surface area (Å²) >= 11 is 0. The third-order valence-electron chi connectivity index (χ3n) is 4.49. The molecule has 2 heterocycles. The Bertz CT molecular complexity index is 647. The van der Waals surface area contributed by atoms with Crippen LogP contribution in [0.1, 0.15) is 31.7 Å². The number of amides is 1. The van der Waals surface area contributed by atoms with Gasteiger partial charge in [-0.25, -0.2) is 0 Å². The van der Waals surface area contributed by atoms with Gasteiger partial charge < -0.3 is 4.90 Å². The molecule has 4 heteroatoms. The fraction of sp³-hybridized carbons (Fsp3) is 0.471. The highest BCUT2D eigenvalue weighted by Crippen LogP contribution is 2.25. The molecule has 1 N–H and O–H groups in total. The van der Waals surface area contributed by atoms with Gasteiger partial charge in [-0.1, -0.05) is 18.2 Å². The Morgan fingerprint density at radius 3 is 2.90 bits per heavy atom. The van der Waals surface area contributed by atoms with Crippen LogP contribution in [0.2, 0.25) is 0 Å². The molecule has 3 rings (SSSR count). The summed E-state index contributed by atoms with van der Waals surface area (Å²) in [6.45, 7) is 2.76. The van der Waals surface area contributed by atoms with Gasteiger partial charge >= 0.3 is 0 Å². The van der Waals surface area contributed by atoms with Gasteiger partial charge in [0, 0.05) is 24.5 Å². The van der Waals surface area contributed by atoms with E-state index in [1.165, 1.54) is 36.8 Å². The zero-order valence-corrected chi connectivity index (χ0v) is 12.8. The molecule has 1 fully saturated rings. The third-order valence-corrected chi connectivity index (χ3v) is 4.49. The highest BCUT2D eigenvalue weighted by atomic mass is 16.2. The predicted octanol–water partition coefficient (Wildman–Crippen LogP) is 2.76. The average Bonchev–Trinajstić information content (AvgIpc) is 3.01. The van der Waals surface area contributed by atoms with Crippen molar-refractivity contribution < 1.29 is 4.79 Å². The number of aromatic nitrogens is 1. The van der Waals surface area contributed by atoms with E-state index in [0.29, 0.717) is 6.04 Å². The second kappa shape index (κ2) is 5.90. The van der Waals surface area contributed by atoms with Crippen LogP contribution in [0.5, 0.6) is 0 Å². The maximum atomic E-state index is 11.3. The molecule has 1 saturated heterocycles. The highest BCUT2D eigenvalue weighted by molar-refractivity contribution is 5.88. The van der Waals surface area contributed by atoms with Crippen molar-refractivity contribution in [1.29, 1.82) is 0 Å². The van der Waals surface area contributed by atoms with Gasteiger partial charge in [0.2, 0.25) is 5.91 Å². The second-order valence-corrected chi connectivity index (χ2v) is 6.02. The van der Waals surface area contributed by atoms with Gasteiger partial charge in [-0.05, 0) is 50.9 Å². The summed E-state index contributed by atoms with van der Waals surface area (Å²) < 4.78 is 1.85. The Morgan fingerprint density at radius 2 is 2.19 bits per heavy atom. The molecule has 112 valence electrons. The van der Waals surface area contributed by atoms with Crippen LogP contribution < -0.4 is 5.43 Å². The van der Waals surface area contributed by atoms with E-state index in [1.807, 2.05) is 10.7 Å². The van der Waals surface area contributed by atoms with E-state index in [0.717, 1.165) is 11.9 Å². The summed E-state index contributed by atoms with van der Waals surface area (Å²) in [5.41, 5.74) is 5.26. The van der Waals surface area contributed by atoms with Crippen LogP contribution in [-0.4, -0.2) is 35.1 Å². The van der Waals surface area contributed by atoms with Crippen molar-refractivity contribution in [3.63, 3.8) is 0 Å². The number of benzene rings is 1. The molecule has 0 radical (unpaired) electrons. The average molecular weight is 285 g/mol. The number of hydrogen-bond acceptors (Lipinski definition) is 2. The number of fused-ring (bicyclic) bond motifs is 1. The van der Waals surface area contributed by atoms with E-state index in [9.17, 15) is 4.79 Å². The molecule has 4 nitrogen and oxygen atoms in total. The number of likely N-dealkylation sites (tertiary alicyclic amines) is 1. The van der Waals surface area contributed by atoms with Crippen LogP contribution in [0.25, 0.3) is 10.9 Å². The number of carbonyl (C=O) groups excluding carboxylic acids is 1. The van der Waals surface area contributed by atoms with Gasteiger partial charge in [-0.15, -0.1) is 0 Å². The van der Waals surface area contributed by atoms with E-state index in [1.54, 1.807) is 6.92 Å². The van der Waals surface area contributed by atoms with Crippen molar-refractivity contribution in [2.45, 2.75) is 38.6 Å². The molecule has 2 aromatic rings. The van der Waals surface area contributed by atoms with Crippen LogP contribution in [0.15, 0.2) is 30.5 Å². The standard InChI is InChI=1S/C17H23N3O/c1-13(21)18-20-12-14(16-7-3-4-8-17(16)20)9-10-15-6-5-11-19(15)2/h3-4,7-8,12,15H,5-6,9-11H2,1-2H3,(H,18,21)/t15-/m1/s1. The molecule has 1 aromatic carbocycles.